The molecule has 1 aliphatic rings. The number of rotatable bonds is 6. The summed E-state index contributed by atoms with van der Waals surface area (Å²) < 4.78 is 13.5. The highest BCUT2D eigenvalue weighted by Crippen LogP contribution is 2.29. The molecule has 2 rings (SSSR count). The molecule has 1 aromatic rings. The summed E-state index contributed by atoms with van der Waals surface area (Å²) in [6, 6.07) is 5.73. The predicted octanol–water partition coefficient (Wildman–Crippen LogP) is 2.47. The summed E-state index contributed by atoms with van der Waals surface area (Å²) in [5.41, 5.74) is 2.26. The molecule has 20 heavy (non-hydrogen) atoms. The summed E-state index contributed by atoms with van der Waals surface area (Å²) in [6.07, 6.45) is 2.44. The molecule has 0 saturated carbocycles. The van der Waals surface area contributed by atoms with E-state index in [9.17, 15) is 4.39 Å². The van der Waals surface area contributed by atoms with Crippen molar-refractivity contribution in [2.75, 3.05) is 38.6 Å². The van der Waals surface area contributed by atoms with Crippen LogP contribution < -0.4 is 10.2 Å². The van der Waals surface area contributed by atoms with Crippen LogP contribution in [0.4, 0.5) is 10.1 Å². The van der Waals surface area contributed by atoms with Gasteiger partial charge in [-0.1, -0.05) is 6.92 Å². The van der Waals surface area contributed by atoms with Gasteiger partial charge < -0.3 is 15.1 Å². The highest BCUT2D eigenvalue weighted by atomic mass is 19.1. The van der Waals surface area contributed by atoms with Crippen LogP contribution in [0.1, 0.15) is 25.3 Å². The first-order valence-corrected chi connectivity index (χ1v) is 7.52. The Labute approximate surface area is 121 Å². The number of nitrogens with zero attached hydrogens (tertiary/aromatic N) is 2. The number of halogens is 1. The third-order valence-corrected chi connectivity index (χ3v) is 3.87. The maximum Gasteiger partial charge on any atom is 0.123 e. The van der Waals surface area contributed by atoms with Crippen molar-refractivity contribution in [2.45, 2.75) is 32.4 Å². The average molecular weight is 279 g/mol. The fourth-order valence-corrected chi connectivity index (χ4v) is 3.00. The molecular formula is C16H26FN3. The molecule has 0 aliphatic carbocycles. The van der Waals surface area contributed by atoms with E-state index in [1.807, 2.05) is 6.07 Å². The lowest BCUT2D eigenvalue weighted by Crippen LogP contribution is -2.38. The first kappa shape index (κ1) is 15.3. The van der Waals surface area contributed by atoms with E-state index in [1.54, 1.807) is 12.1 Å². The van der Waals surface area contributed by atoms with Crippen molar-refractivity contribution in [3.8, 4) is 0 Å². The van der Waals surface area contributed by atoms with Gasteiger partial charge in [0.05, 0.1) is 0 Å². The molecule has 1 aromatic carbocycles. The van der Waals surface area contributed by atoms with Crippen molar-refractivity contribution in [1.29, 1.82) is 0 Å². The van der Waals surface area contributed by atoms with Crippen molar-refractivity contribution in [3.63, 3.8) is 0 Å². The Morgan fingerprint density at radius 2 is 2.20 bits per heavy atom. The Kier molecular flexibility index (Phi) is 5.38. The smallest absolute Gasteiger partial charge is 0.123 e. The molecule has 1 unspecified atom stereocenters. The molecule has 0 spiro atoms. The zero-order valence-corrected chi connectivity index (χ0v) is 12.8. The Hall–Kier alpha value is -1.13. The highest BCUT2D eigenvalue weighted by Gasteiger charge is 2.26. The van der Waals surface area contributed by atoms with Gasteiger partial charge in [0.2, 0.25) is 0 Å². The van der Waals surface area contributed by atoms with Crippen molar-refractivity contribution >= 4 is 5.69 Å². The first-order valence-electron chi connectivity index (χ1n) is 7.52. The lowest BCUT2D eigenvalue weighted by atomic mass is 10.1. The minimum atomic E-state index is -0.148. The molecule has 1 atom stereocenters. The molecule has 1 fully saturated rings. The molecule has 1 N–H and O–H groups in total. The second-order valence-electron chi connectivity index (χ2n) is 5.81. The Balaban J connectivity index is 2.21. The number of anilines is 1. The quantitative estimate of drug-likeness (QED) is 0.863. The molecule has 0 radical (unpaired) electrons. The van der Waals surface area contributed by atoms with Crippen LogP contribution in [0.2, 0.25) is 0 Å². The fourth-order valence-electron chi connectivity index (χ4n) is 3.00. The Morgan fingerprint density at radius 3 is 2.90 bits per heavy atom. The van der Waals surface area contributed by atoms with Crippen LogP contribution >= 0.6 is 0 Å². The molecule has 112 valence electrons. The number of nitrogens with one attached hydrogen (secondary N) is 1. The van der Waals surface area contributed by atoms with Crippen molar-refractivity contribution in [1.82, 2.24) is 10.2 Å². The van der Waals surface area contributed by atoms with E-state index in [0.717, 1.165) is 31.7 Å². The lowest BCUT2D eigenvalue weighted by molar-refractivity contribution is 0.372. The van der Waals surface area contributed by atoms with Gasteiger partial charge in [0.25, 0.3) is 0 Å². The van der Waals surface area contributed by atoms with Crippen molar-refractivity contribution in [3.05, 3.63) is 29.6 Å². The van der Waals surface area contributed by atoms with E-state index in [4.69, 9.17) is 0 Å². The van der Waals surface area contributed by atoms with Gasteiger partial charge in [0.1, 0.15) is 5.82 Å². The molecule has 0 aromatic heterocycles. The number of hydrogen-bond donors (Lipinski definition) is 1. The topological polar surface area (TPSA) is 18.5 Å². The van der Waals surface area contributed by atoms with Gasteiger partial charge in [0, 0.05) is 31.4 Å². The maximum atomic E-state index is 13.5. The van der Waals surface area contributed by atoms with E-state index in [1.165, 1.54) is 18.5 Å². The summed E-state index contributed by atoms with van der Waals surface area (Å²) in [5.74, 6) is -0.148. The molecular weight excluding hydrogens is 253 g/mol. The van der Waals surface area contributed by atoms with E-state index in [2.05, 4.69) is 36.1 Å². The Morgan fingerprint density at radius 1 is 1.40 bits per heavy atom. The van der Waals surface area contributed by atoms with Crippen LogP contribution in [0.15, 0.2) is 18.2 Å². The molecule has 3 nitrogen and oxygen atoms in total. The monoisotopic (exact) mass is 279 g/mol. The number of benzene rings is 1. The lowest BCUT2D eigenvalue weighted by Gasteiger charge is -2.31. The van der Waals surface area contributed by atoms with Crippen LogP contribution in [0, 0.1) is 5.82 Å². The molecule has 1 saturated heterocycles. The van der Waals surface area contributed by atoms with Crippen molar-refractivity contribution < 1.29 is 4.39 Å². The molecule has 0 bridgehead atoms. The van der Waals surface area contributed by atoms with Crippen LogP contribution in [0.5, 0.6) is 0 Å². The molecule has 4 heteroatoms. The van der Waals surface area contributed by atoms with E-state index in [-0.39, 0.29) is 5.82 Å². The second-order valence-corrected chi connectivity index (χ2v) is 5.81. The van der Waals surface area contributed by atoms with Crippen LogP contribution in [0.3, 0.4) is 0 Å². The zero-order chi connectivity index (χ0) is 14.5. The average Bonchev–Trinajstić information content (AvgIpc) is 2.83. The van der Waals surface area contributed by atoms with Gasteiger partial charge in [-0.3, -0.25) is 0 Å². The maximum absolute atomic E-state index is 13.5. The van der Waals surface area contributed by atoms with Crippen LogP contribution in [-0.2, 0) is 6.54 Å². The normalized spacial score (nSPS) is 19.1. The second kappa shape index (κ2) is 7.04. The van der Waals surface area contributed by atoms with Gasteiger partial charge in [-0.05, 0) is 57.2 Å². The standard InChI is InChI=1S/C16H26FN3/c1-4-18-11-13-10-14(17)7-8-16(13)20-9-5-6-15(20)12-19(2)3/h7-8,10,15,18H,4-6,9,11-12H2,1-3H3. The van der Waals surface area contributed by atoms with Gasteiger partial charge >= 0.3 is 0 Å². The molecule has 0 amide bonds. The van der Waals surface area contributed by atoms with Crippen LogP contribution in [-0.4, -0.2) is 44.7 Å². The first-order chi connectivity index (χ1) is 9.61. The third-order valence-electron chi connectivity index (χ3n) is 3.87. The molecule has 1 aliphatic heterocycles. The van der Waals surface area contributed by atoms with Gasteiger partial charge in [0.15, 0.2) is 0 Å². The number of hydrogen-bond acceptors (Lipinski definition) is 3. The number of likely N-dealkylation sites (N-methyl/N-ethyl adjacent to an activating group) is 1. The SMILES string of the molecule is CCNCc1cc(F)ccc1N1CCCC1CN(C)C. The van der Waals surface area contributed by atoms with E-state index in [0.29, 0.717) is 6.04 Å². The Bertz CT molecular complexity index is 434. The molecule has 1 heterocycles. The zero-order valence-electron chi connectivity index (χ0n) is 12.8. The summed E-state index contributed by atoms with van der Waals surface area (Å²) in [6.45, 7) is 5.83. The highest BCUT2D eigenvalue weighted by molar-refractivity contribution is 5.55. The van der Waals surface area contributed by atoms with E-state index < -0.39 is 0 Å². The van der Waals surface area contributed by atoms with Gasteiger partial charge in [-0.25, -0.2) is 4.39 Å². The summed E-state index contributed by atoms with van der Waals surface area (Å²) in [4.78, 5) is 4.68. The van der Waals surface area contributed by atoms with Gasteiger partial charge in [-0.2, -0.15) is 0 Å². The van der Waals surface area contributed by atoms with Gasteiger partial charge in [-0.15, -0.1) is 0 Å². The summed E-state index contributed by atoms with van der Waals surface area (Å²) >= 11 is 0. The van der Waals surface area contributed by atoms with E-state index >= 15 is 0 Å². The summed E-state index contributed by atoms with van der Waals surface area (Å²) in [5, 5.41) is 3.31. The minimum Gasteiger partial charge on any atom is -0.367 e. The summed E-state index contributed by atoms with van der Waals surface area (Å²) in [7, 11) is 4.22. The van der Waals surface area contributed by atoms with Crippen molar-refractivity contribution in [2.24, 2.45) is 0 Å². The van der Waals surface area contributed by atoms with Crippen LogP contribution in [0.25, 0.3) is 0 Å². The minimum absolute atomic E-state index is 0.148. The fraction of sp³-hybridized carbons (Fsp3) is 0.625. The third kappa shape index (κ3) is 3.70. The largest absolute Gasteiger partial charge is 0.367 e. The predicted molar refractivity (Wildman–Crippen MR) is 82.7 cm³/mol.